The highest BCUT2D eigenvalue weighted by atomic mass is 16.9. The summed E-state index contributed by atoms with van der Waals surface area (Å²) in [4.78, 5) is 4.86. The molecule has 0 radical (unpaired) electrons. The van der Waals surface area contributed by atoms with Gasteiger partial charge in [0.1, 0.15) is 0 Å². The van der Waals surface area contributed by atoms with Crippen LogP contribution in [0.4, 0.5) is 0 Å². The molecule has 0 bridgehead atoms. The Labute approximate surface area is 56.1 Å². The van der Waals surface area contributed by atoms with Crippen LogP contribution in [0.15, 0.2) is 0 Å². The molecule has 0 aromatic rings. The fourth-order valence-electron chi connectivity index (χ4n) is 0.413. The Morgan fingerprint density at radius 1 is 1.56 bits per heavy atom. The van der Waals surface area contributed by atoms with Crippen molar-refractivity contribution < 1.29 is 4.84 Å². The van der Waals surface area contributed by atoms with Crippen LogP contribution in [0.1, 0.15) is 27.2 Å². The number of hydroxylamine groups is 2. The van der Waals surface area contributed by atoms with Crippen molar-refractivity contribution in [1.82, 2.24) is 5.23 Å². The standard InChI is InChI=1S/C6H14NO2/c1-5-6(2,3)9-7(4)8/h5H2,1-4H3/q-1. The molecule has 0 aliphatic heterocycles. The van der Waals surface area contributed by atoms with Gasteiger partial charge in [-0.1, -0.05) is 6.92 Å². The average Bonchev–Trinajstić information content (AvgIpc) is 1.63. The Morgan fingerprint density at radius 2 is 2.00 bits per heavy atom. The van der Waals surface area contributed by atoms with Crippen LogP contribution in [0.5, 0.6) is 0 Å². The summed E-state index contributed by atoms with van der Waals surface area (Å²) in [5.41, 5.74) is -0.323. The van der Waals surface area contributed by atoms with E-state index in [1.165, 1.54) is 7.05 Å². The Balaban J connectivity index is 3.58. The third kappa shape index (κ3) is 4.39. The predicted octanol–water partition coefficient (Wildman–Crippen LogP) is 1.54. The topological polar surface area (TPSA) is 35.5 Å². The second-order valence-corrected chi connectivity index (χ2v) is 2.64. The lowest BCUT2D eigenvalue weighted by Gasteiger charge is -2.32. The van der Waals surface area contributed by atoms with Crippen LogP contribution in [0.25, 0.3) is 0 Å². The third-order valence-corrected chi connectivity index (χ3v) is 1.23. The molecule has 0 amide bonds. The molecule has 0 fully saturated rings. The minimum absolute atomic E-state index is 0.323. The zero-order valence-corrected chi connectivity index (χ0v) is 6.47. The molecule has 0 rings (SSSR count). The van der Waals surface area contributed by atoms with Crippen LogP contribution in [0.3, 0.4) is 0 Å². The fourth-order valence-corrected chi connectivity index (χ4v) is 0.413. The Kier molecular flexibility index (Phi) is 3.11. The molecule has 0 atom stereocenters. The molecule has 56 valence electrons. The molecule has 3 heteroatoms. The first-order chi connectivity index (χ1) is 3.98. The van der Waals surface area contributed by atoms with E-state index in [1.54, 1.807) is 0 Å². The predicted molar refractivity (Wildman–Crippen MR) is 36.6 cm³/mol. The minimum atomic E-state index is -0.323. The summed E-state index contributed by atoms with van der Waals surface area (Å²) >= 11 is 0. The first-order valence-corrected chi connectivity index (χ1v) is 3.08. The maximum Gasteiger partial charge on any atom is 0.0829 e. The Morgan fingerprint density at radius 3 is 2.11 bits per heavy atom. The number of nitrogens with zero attached hydrogens (tertiary/aromatic N) is 1. The third-order valence-electron chi connectivity index (χ3n) is 1.23. The Hall–Kier alpha value is -0.120. The van der Waals surface area contributed by atoms with Gasteiger partial charge in [0.2, 0.25) is 0 Å². The monoisotopic (exact) mass is 132 g/mol. The van der Waals surface area contributed by atoms with Gasteiger partial charge >= 0.3 is 0 Å². The molecule has 0 heterocycles. The summed E-state index contributed by atoms with van der Waals surface area (Å²) in [5, 5.41) is 10.8. The molecule has 0 aliphatic rings. The highest BCUT2D eigenvalue weighted by molar-refractivity contribution is 4.63. The SMILES string of the molecule is CCC(C)(C)ON(C)[O-]. The summed E-state index contributed by atoms with van der Waals surface area (Å²) in [7, 11) is 1.34. The van der Waals surface area contributed by atoms with Crippen LogP contribution in [0, 0.1) is 5.21 Å². The van der Waals surface area contributed by atoms with Gasteiger partial charge in [0, 0.05) is 0 Å². The lowest BCUT2D eigenvalue weighted by Crippen LogP contribution is -2.29. The molecular formula is C6H14NO2-. The molecule has 0 aromatic carbocycles. The lowest BCUT2D eigenvalue weighted by atomic mass is 10.1. The van der Waals surface area contributed by atoms with E-state index in [1.807, 2.05) is 20.8 Å². The average molecular weight is 132 g/mol. The van der Waals surface area contributed by atoms with Gasteiger partial charge in [-0.2, -0.15) is 0 Å². The zero-order valence-electron chi connectivity index (χ0n) is 6.47. The zero-order chi connectivity index (χ0) is 7.49. The maximum absolute atomic E-state index is 10.3. The molecule has 0 aromatic heterocycles. The largest absolute Gasteiger partial charge is 0.762 e. The molecule has 9 heavy (non-hydrogen) atoms. The van der Waals surface area contributed by atoms with Crippen molar-refractivity contribution in [2.24, 2.45) is 0 Å². The molecular weight excluding hydrogens is 118 g/mol. The van der Waals surface area contributed by atoms with Crippen molar-refractivity contribution in [1.29, 1.82) is 0 Å². The van der Waals surface area contributed by atoms with Crippen molar-refractivity contribution in [2.45, 2.75) is 32.8 Å². The first-order valence-electron chi connectivity index (χ1n) is 3.08. The van der Waals surface area contributed by atoms with Crippen LogP contribution >= 0.6 is 0 Å². The van der Waals surface area contributed by atoms with Crippen LogP contribution in [-0.2, 0) is 4.84 Å². The minimum Gasteiger partial charge on any atom is -0.762 e. The van der Waals surface area contributed by atoms with Gasteiger partial charge in [-0.3, -0.25) is 5.23 Å². The van der Waals surface area contributed by atoms with E-state index in [2.05, 4.69) is 0 Å². The van der Waals surface area contributed by atoms with E-state index in [4.69, 9.17) is 4.84 Å². The first kappa shape index (κ1) is 8.88. The number of hydrogen-bond acceptors (Lipinski definition) is 3. The summed E-state index contributed by atoms with van der Waals surface area (Å²) < 4.78 is 0. The maximum atomic E-state index is 10.3. The van der Waals surface area contributed by atoms with Gasteiger partial charge in [-0.05, 0) is 27.3 Å². The van der Waals surface area contributed by atoms with E-state index in [0.717, 1.165) is 6.42 Å². The van der Waals surface area contributed by atoms with Gasteiger partial charge in [0.05, 0.1) is 5.60 Å². The van der Waals surface area contributed by atoms with Crippen molar-refractivity contribution in [3.05, 3.63) is 5.21 Å². The summed E-state index contributed by atoms with van der Waals surface area (Å²) in [6.07, 6.45) is 0.833. The molecule has 3 nitrogen and oxygen atoms in total. The second kappa shape index (κ2) is 3.15. The summed E-state index contributed by atoms with van der Waals surface area (Å²) in [6.45, 7) is 5.73. The van der Waals surface area contributed by atoms with Crippen LogP contribution in [0.2, 0.25) is 0 Å². The van der Waals surface area contributed by atoms with Crippen LogP contribution in [-0.4, -0.2) is 17.9 Å². The van der Waals surface area contributed by atoms with Crippen molar-refractivity contribution in [2.75, 3.05) is 7.05 Å². The van der Waals surface area contributed by atoms with E-state index in [9.17, 15) is 5.21 Å². The highest BCUT2D eigenvalue weighted by Gasteiger charge is 2.14. The normalized spacial score (nSPS) is 12.7. The number of hydrogen-bond donors (Lipinski definition) is 0. The van der Waals surface area contributed by atoms with Crippen LogP contribution < -0.4 is 0 Å². The molecule has 0 saturated heterocycles. The molecule has 0 saturated carbocycles. The quantitative estimate of drug-likeness (QED) is 0.546. The highest BCUT2D eigenvalue weighted by Crippen LogP contribution is 2.13. The van der Waals surface area contributed by atoms with E-state index >= 15 is 0 Å². The summed E-state index contributed by atoms with van der Waals surface area (Å²) in [5.74, 6) is 0. The fraction of sp³-hybridized carbons (Fsp3) is 1.00. The van der Waals surface area contributed by atoms with Gasteiger partial charge < -0.3 is 10.0 Å². The molecule has 0 spiro atoms. The van der Waals surface area contributed by atoms with E-state index < -0.39 is 0 Å². The summed E-state index contributed by atoms with van der Waals surface area (Å²) in [6, 6.07) is 0. The molecule has 0 aliphatic carbocycles. The van der Waals surface area contributed by atoms with Crippen molar-refractivity contribution in [3.63, 3.8) is 0 Å². The van der Waals surface area contributed by atoms with Gasteiger partial charge in [-0.15, -0.1) is 0 Å². The van der Waals surface area contributed by atoms with E-state index in [-0.39, 0.29) is 5.60 Å². The molecule has 0 unspecified atom stereocenters. The lowest BCUT2D eigenvalue weighted by molar-refractivity contribution is -0.192. The smallest absolute Gasteiger partial charge is 0.0829 e. The van der Waals surface area contributed by atoms with Crippen molar-refractivity contribution >= 4 is 0 Å². The van der Waals surface area contributed by atoms with Gasteiger partial charge in [0.15, 0.2) is 0 Å². The van der Waals surface area contributed by atoms with Gasteiger partial charge in [-0.25, -0.2) is 0 Å². The molecule has 0 N–H and O–H groups in total. The van der Waals surface area contributed by atoms with Crippen molar-refractivity contribution in [3.8, 4) is 0 Å². The van der Waals surface area contributed by atoms with Gasteiger partial charge in [0.25, 0.3) is 0 Å². The second-order valence-electron chi connectivity index (χ2n) is 2.64. The number of rotatable bonds is 3. The van der Waals surface area contributed by atoms with E-state index in [0.29, 0.717) is 5.23 Å². The Bertz CT molecular complexity index is 81.1.